The smallest absolute Gasteiger partial charge is 0.250 e. The molecule has 0 aliphatic carbocycles. The van der Waals surface area contributed by atoms with E-state index in [-0.39, 0.29) is 11.4 Å². The first-order valence-electron chi connectivity index (χ1n) is 10.5. The van der Waals surface area contributed by atoms with Gasteiger partial charge in [-0.3, -0.25) is 4.79 Å². The molecule has 0 radical (unpaired) electrons. The van der Waals surface area contributed by atoms with Crippen molar-refractivity contribution >= 4 is 11.7 Å². The number of aromatic nitrogens is 2. The van der Waals surface area contributed by atoms with Crippen molar-refractivity contribution in [1.29, 1.82) is 5.26 Å². The highest BCUT2D eigenvalue weighted by molar-refractivity contribution is 6.02. The van der Waals surface area contributed by atoms with Crippen LogP contribution in [0.4, 0.5) is 0 Å². The van der Waals surface area contributed by atoms with E-state index in [1.165, 1.54) is 24.4 Å². The maximum absolute atomic E-state index is 12.1. The van der Waals surface area contributed by atoms with Gasteiger partial charge in [-0.05, 0) is 42.0 Å². The average Bonchev–Trinajstić information content (AvgIpc) is 2.90. The number of rotatable bonds is 7. The first-order chi connectivity index (χ1) is 17.0. The molecule has 10 nitrogen and oxygen atoms in total. The summed E-state index contributed by atoms with van der Waals surface area (Å²) in [5.41, 5.74) is 7.62. The molecule has 2 unspecified atom stereocenters. The van der Waals surface area contributed by atoms with Gasteiger partial charge in [0, 0.05) is 24.0 Å². The summed E-state index contributed by atoms with van der Waals surface area (Å²) >= 11 is 0. The molecule has 3 aromatic rings. The summed E-state index contributed by atoms with van der Waals surface area (Å²) in [4.78, 5) is 18.1. The molecule has 2 aromatic carbocycles. The third-order valence-electron chi connectivity index (χ3n) is 5.57. The predicted octanol–water partition coefficient (Wildman–Crippen LogP) is 1.90. The zero-order chi connectivity index (χ0) is 24.9. The highest BCUT2D eigenvalue weighted by Gasteiger charge is 2.38. The highest BCUT2D eigenvalue weighted by Crippen LogP contribution is 2.40. The quantitative estimate of drug-likeness (QED) is 0.532. The van der Waals surface area contributed by atoms with Gasteiger partial charge in [-0.2, -0.15) is 10.4 Å². The molecule has 3 N–H and O–H groups in total. The number of hydrogen-bond acceptors (Lipinski definition) is 9. The van der Waals surface area contributed by atoms with Crippen LogP contribution in [0.5, 0.6) is 11.5 Å². The Balaban J connectivity index is 1.98. The Hall–Kier alpha value is -4.75. The molecule has 35 heavy (non-hydrogen) atoms. The Bertz CT molecular complexity index is 1330. The lowest BCUT2D eigenvalue weighted by Crippen LogP contribution is -2.49. The number of hydrogen-bond donors (Lipinski definition) is 2. The average molecular weight is 470 g/mol. The van der Waals surface area contributed by atoms with Crippen LogP contribution in [-0.4, -0.2) is 52.4 Å². The van der Waals surface area contributed by atoms with Crippen LogP contribution < -0.4 is 15.2 Å². The van der Waals surface area contributed by atoms with Crippen molar-refractivity contribution in [2.24, 2.45) is 10.7 Å². The standard InChI is InChI=1S/C25H22N6O4/c1-34-17-9-10-18(21(12-17)35-2)22(16-7-5-15(13-26)6-8-16)31-24(20-4-3-11-29-30-20)28-14-19(23(27)32)25(31)33/h3-12,14,22,25,33H,1-2H3,(H2,27,32). The number of primary amides is 1. The summed E-state index contributed by atoms with van der Waals surface area (Å²) in [5, 5.41) is 28.8. The molecule has 0 saturated heterocycles. The van der Waals surface area contributed by atoms with Crippen molar-refractivity contribution in [3.63, 3.8) is 0 Å². The maximum Gasteiger partial charge on any atom is 0.250 e. The van der Waals surface area contributed by atoms with Crippen molar-refractivity contribution in [3.05, 3.63) is 95.0 Å². The summed E-state index contributed by atoms with van der Waals surface area (Å²) in [7, 11) is 3.07. The summed E-state index contributed by atoms with van der Waals surface area (Å²) in [6.07, 6.45) is 1.28. The maximum atomic E-state index is 12.1. The van der Waals surface area contributed by atoms with E-state index >= 15 is 0 Å². The molecule has 176 valence electrons. The Labute approximate surface area is 201 Å². The Kier molecular flexibility index (Phi) is 6.71. The van der Waals surface area contributed by atoms with E-state index < -0.39 is 18.2 Å². The first kappa shape index (κ1) is 23.4. The molecular weight excluding hydrogens is 448 g/mol. The summed E-state index contributed by atoms with van der Waals surface area (Å²) in [6, 6.07) is 16.9. The molecule has 1 aliphatic rings. The van der Waals surface area contributed by atoms with Gasteiger partial charge in [0.1, 0.15) is 17.2 Å². The van der Waals surface area contributed by atoms with Gasteiger partial charge in [0.25, 0.3) is 5.91 Å². The minimum absolute atomic E-state index is 0.0937. The molecule has 0 saturated carbocycles. The molecular formula is C25H22N6O4. The molecule has 1 amide bonds. The fourth-order valence-electron chi connectivity index (χ4n) is 3.88. The number of amidine groups is 1. The number of aliphatic hydroxyl groups excluding tert-OH is 1. The van der Waals surface area contributed by atoms with Crippen molar-refractivity contribution in [2.75, 3.05) is 14.2 Å². The molecule has 0 spiro atoms. The van der Waals surface area contributed by atoms with Gasteiger partial charge in [-0.15, -0.1) is 5.10 Å². The number of carbonyl (C=O) groups excluding carboxylic acids is 1. The number of aliphatic imine (C=N–C) groups is 1. The van der Waals surface area contributed by atoms with E-state index in [0.29, 0.717) is 33.9 Å². The van der Waals surface area contributed by atoms with Crippen LogP contribution in [0.1, 0.15) is 28.4 Å². The normalized spacial score (nSPS) is 15.9. The van der Waals surface area contributed by atoms with Gasteiger partial charge in [-0.25, -0.2) is 4.99 Å². The molecule has 0 fully saturated rings. The number of methoxy groups -OCH3 is 2. The molecule has 2 atom stereocenters. The third-order valence-corrected chi connectivity index (χ3v) is 5.57. The lowest BCUT2D eigenvalue weighted by atomic mass is 9.93. The van der Waals surface area contributed by atoms with E-state index in [1.54, 1.807) is 61.7 Å². The van der Waals surface area contributed by atoms with Crippen molar-refractivity contribution in [1.82, 2.24) is 15.1 Å². The second-order valence-corrected chi connectivity index (χ2v) is 7.54. The van der Waals surface area contributed by atoms with Crippen molar-refractivity contribution < 1.29 is 19.4 Å². The van der Waals surface area contributed by atoms with Crippen molar-refractivity contribution in [3.8, 4) is 17.6 Å². The van der Waals surface area contributed by atoms with E-state index in [1.807, 2.05) is 0 Å². The number of amides is 1. The number of benzene rings is 2. The summed E-state index contributed by atoms with van der Waals surface area (Å²) in [5.74, 6) is 0.496. The Morgan fingerprint density at radius 2 is 1.94 bits per heavy atom. The van der Waals surface area contributed by atoms with Gasteiger partial charge >= 0.3 is 0 Å². The minimum Gasteiger partial charge on any atom is -0.497 e. The van der Waals surface area contributed by atoms with E-state index in [2.05, 4.69) is 21.3 Å². The van der Waals surface area contributed by atoms with Gasteiger partial charge < -0.3 is 25.2 Å². The highest BCUT2D eigenvalue weighted by atomic mass is 16.5. The number of nitrogens with zero attached hydrogens (tertiary/aromatic N) is 5. The van der Waals surface area contributed by atoms with Crippen molar-refractivity contribution in [2.45, 2.75) is 12.3 Å². The largest absolute Gasteiger partial charge is 0.497 e. The van der Waals surface area contributed by atoms with Gasteiger partial charge in [-0.1, -0.05) is 12.1 Å². The van der Waals surface area contributed by atoms with Crippen LogP contribution in [0.3, 0.4) is 0 Å². The lowest BCUT2D eigenvalue weighted by Gasteiger charge is -2.40. The molecule has 1 aromatic heterocycles. The first-order valence-corrected chi connectivity index (χ1v) is 10.5. The zero-order valence-electron chi connectivity index (χ0n) is 19.0. The van der Waals surface area contributed by atoms with Gasteiger partial charge in [0.05, 0.1) is 37.5 Å². The number of carbonyl (C=O) groups is 1. The number of aliphatic hydroxyl groups is 1. The Morgan fingerprint density at radius 1 is 1.17 bits per heavy atom. The van der Waals surface area contributed by atoms with E-state index in [9.17, 15) is 15.2 Å². The van der Waals surface area contributed by atoms with Gasteiger partial charge in [0.2, 0.25) is 0 Å². The van der Waals surface area contributed by atoms with E-state index in [0.717, 1.165) is 0 Å². The Morgan fingerprint density at radius 3 is 2.54 bits per heavy atom. The topological polar surface area (TPSA) is 147 Å². The monoisotopic (exact) mass is 470 g/mol. The van der Waals surface area contributed by atoms with Crippen LogP contribution in [0, 0.1) is 11.3 Å². The van der Waals surface area contributed by atoms with Crippen LogP contribution >= 0.6 is 0 Å². The number of ether oxygens (including phenoxy) is 2. The number of nitrogens with two attached hydrogens (primary N) is 1. The minimum atomic E-state index is -1.46. The SMILES string of the molecule is COc1ccc(C(c2ccc(C#N)cc2)N2C(c3cccnn3)=NC=C(C(N)=O)C2O)c(OC)c1. The third kappa shape index (κ3) is 4.53. The fourth-order valence-corrected chi connectivity index (χ4v) is 3.88. The summed E-state index contributed by atoms with van der Waals surface area (Å²) < 4.78 is 11.0. The second kappa shape index (κ2) is 10.0. The number of nitriles is 1. The second-order valence-electron chi connectivity index (χ2n) is 7.54. The zero-order valence-corrected chi connectivity index (χ0v) is 19.0. The molecule has 2 heterocycles. The van der Waals surface area contributed by atoms with Crippen LogP contribution in [-0.2, 0) is 4.79 Å². The van der Waals surface area contributed by atoms with Crippen LogP contribution in [0.2, 0.25) is 0 Å². The van der Waals surface area contributed by atoms with Crippen LogP contribution in [0.25, 0.3) is 0 Å². The van der Waals surface area contributed by atoms with Gasteiger partial charge in [0.15, 0.2) is 12.1 Å². The summed E-state index contributed by atoms with van der Waals surface area (Å²) in [6.45, 7) is 0. The van der Waals surface area contributed by atoms with Crippen LogP contribution in [0.15, 0.2) is 77.6 Å². The molecule has 4 rings (SSSR count). The lowest BCUT2D eigenvalue weighted by molar-refractivity contribution is -0.116. The molecule has 0 bridgehead atoms. The molecule has 1 aliphatic heterocycles. The molecule has 10 heteroatoms. The predicted molar refractivity (Wildman–Crippen MR) is 126 cm³/mol. The fraction of sp³-hybridized carbons (Fsp3) is 0.160. The van der Waals surface area contributed by atoms with E-state index in [4.69, 9.17) is 15.2 Å².